The summed E-state index contributed by atoms with van der Waals surface area (Å²) in [5.74, 6) is 0.530. The largest absolute Gasteiger partial charge is 0.481 e. The highest BCUT2D eigenvalue weighted by molar-refractivity contribution is 7.99. The van der Waals surface area contributed by atoms with E-state index in [-0.39, 0.29) is 12.7 Å². The van der Waals surface area contributed by atoms with Gasteiger partial charge in [-0.2, -0.15) is 11.8 Å². The molecule has 84 valence electrons. The summed E-state index contributed by atoms with van der Waals surface area (Å²) >= 11 is 1.54. The van der Waals surface area contributed by atoms with Crippen LogP contribution >= 0.6 is 11.8 Å². The molecule has 0 fully saturated rings. The molecule has 0 aromatic carbocycles. The number of carboxylic acids is 1. The highest BCUT2D eigenvalue weighted by Gasteiger charge is 2.07. The van der Waals surface area contributed by atoms with Crippen LogP contribution in [0, 0.1) is 0 Å². The van der Waals surface area contributed by atoms with Crippen molar-refractivity contribution in [3.8, 4) is 0 Å². The van der Waals surface area contributed by atoms with Crippen LogP contribution in [-0.4, -0.2) is 42.1 Å². The van der Waals surface area contributed by atoms with Gasteiger partial charge in [-0.15, -0.1) is 0 Å². The van der Waals surface area contributed by atoms with Crippen molar-refractivity contribution in [3.63, 3.8) is 0 Å². The molecule has 1 N–H and O–H groups in total. The van der Waals surface area contributed by atoms with Crippen molar-refractivity contribution in [2.75, 3.05) is 24.7 Å². The van der Waals surface area contributed by atoms with Crippen LogP contribution < -0.4 is 0 Å². The van der Waals surface area contributed by atoms with E-state index in [4.69, 9.17) is 14.6 Å². The number of carboxylic acid groups (broad SMARTS) is 1. The normalized spacial score (nSPS) is 10.8. The Bertz CT molecular complexity index is 146. The summed E-state index contributed by atoms with van der Waals surface area (Å²) in [4.78, 5) is 10.2. The fourth-order valence-corrected chi connectivity index (χ4v) is 1.73. The van der Waals surface area contributed by atoms with Gasteiger partial charge in [0.15, 0.2) is 6.29 Å². The first kappa shape index (κ1) is 13.7. The van der Waals surface area contributed by atoms with Gasteiger partial charge in [-0.05, 0) is 13.8 Å². The molecule has 0 amide bonds. The first-order valence-electron chi connectivity index (χ1n) is 4.73. The number of hydrogen-bond donors (Lipinski definition) is 1. The predicted molar refractivity (Wildman–Crippen MR) is 56.6 cm³/mol. The third-order valence-electron chi connectivity index (χ3n) is 1.42. The van der Waals surface area contributed by atoms with Gasteiger partial charge in [-0.3, -0.25) is 4.79 Å². The highest BCUT2D eigenvalue weighted by atomic mass is 32.2. The van der Waals surface area contributed by atoms with Gasteiger partial charge in [0, 0.05) is 24.7 Å². The number of aliphatic carboxylic acids is 1. The standard InChI is InChI=1S/C9H18O4S/c1-3-12-9(13-4-2)7-14-6-5-8(10)11/h9H,3-7H2,1-2H3,(H,10,11). The minimum Gasteiger partial charge on any atom is -0.481 e. The summed E-state index contributed by atoms with van der Waals surface area (Å²) in [6.07, 6.45) is -0.0147. The van der Waals surface area contributed by atoms with Gasteiger partial charge in [0.25, 0.3) is 0 Å². The van der Waals surface area contributed by atoms with Crippen LogP contribution in [0.25, 0.3) is 0 Å². The lowest BCUT2D eigenvalue weighted by Crippen LogP contribution is -2.20. The maximum absolute atomic E-state index is 10.2. The molecule has 0 saturated carbocycles. The van der Waals surface area contributed by atoms with Crippen LogP contribution in [0.2, 0.25) is 0 Å². The number of hydrogen-bond acceptors (Lipinski definition) is 4. The Morgan fingerprint density at radius 1 is 1.36 bits per heavy atom. The Morgan fingerprint density at radius 2 is 1.93 bits per heavy atom. The number of carbonyl (C=O) groups is 1. The van der Waals surface area contributed by atoms with Gasteiger partial charge in [-0.1, -0.05) is 0 Å². The third kappa shape index (κ3) is 8.34. The third-order valence-corrected chi connectivity index (χ3v) is 2.42. The maximum atomic E-state index is 10.2. The number of thioether (sulfide) groups is 1. The Labute approximate surface area is 89.0 Å². The summed E-state index contributed by atoms with van der Waals surface area (Å²) < 4.78 is 10.6. The average Bonchev–Trinajstić information content (AvgIpc) is 2.12. The van der Waals surface area contributed by atoms with Crippen molar-refractivity contribution in [1.82, 2.24) is 0 Å². The molecular weight excluding hydrogens is 204 g/mol. The van der Waals surface area contributed by atoms with E-state index in [1.54, 1.807) is 0 Å². The van der Waals surface area contributed by atoms with Crippen molar-refractivity contribution in [2.45, 2.75) is 26.6 Å². The van der Waals surface area contributed by atoms with Gasteiger partial charge in [0.05, 0.1) is 6.42 Å². The van der Waals surface area contributed by atoms with Crippen LogP contribution in [0.5, 0.6) is 0 Å². The molecule has 14 heavy (non-hydrogen) atoms. The molecule has 0 aliphatic carbocycles. The molecule has 0 atom stereocenters. The lowest BCUT2D eigenvalue weighted by molar-refractivity contribution is -0.136. The fraction of sp³-hybridized carbons (Fsp3) is 0.889. The van der Waals surface area contributed by atoms with E-state index in [0.717, 1.165) is 0 Å². The van der Waals surface area contributed by atoms with Crippen LogP contribution in [0.4, 0.5) is 0 Å². The molecule has 5 heteroatoms. The predicted octanol–water partition coefficient (Wildman–Crippen LogP) is 1.59. The van der Waals surface area contributed by atoms with Gasteiger partial charge in [-0.25, -0.2) is 0 Å². The molecule has 0 radical (unpaired) electrons. The minimum absolute atomic E-state index is 0.190. The van der Waals surface area contributed by atoms with Crippen molar-refractivity contribution in [1.29, 1.82) is 0 Å². The van der Waals surface area contributed by atoms with E-state index in [1.807, 2.05) is 13.8 Å². The lowest BCUT2D eigenvalue weighted by Gasteiger charge is -2.15. The molecule has 0 saturated heterocycles. The van der Waals surface area contributed by atoms with E-state index in [2.05, 4.69) is 0 Å². The van der Waals surface area contributed by atoms with E-state index in [0.29, 0.717) is 24.7 Å². The second-order valence-electron chi connectivity index (χ2n) is 2.56. The van der Waals surface area contributed by atoms with E-state index >= 15 is 0 Å². The van der Waals surface area contributed by atoms with Gasteiger partial charge >= 0.3 is 5.97 Å². The van der Waals surface area contributed by atoms with Crippen molar-refractivity contribution in [3.05, 3.63) is 0 Å². The summed E-state index contributed by atoms with van der Waals surface area (Å²) in [7, 11) is 0. The molecule has 0 unspecified atom stereocenters. The Morgan fingerprint density at radius 3 is 2.36 bits per heavy atom. The maximum Gasteiger partial charge on any atom is 0.304 e. The van der Waals surface area contributed by atoms with Crippen LogP contribution in [0.1, 0.15) is 20.3 Å². The molecule has 0 heterocycles. The SMILES string of the molecule is CCOC(CSCCC(=O)O)OCC. The monoisotopic (exact) mass is 222 g/mol. The zero-order valence-corrected chi connectivity index (χ0v) is 9.51. The van der Waals surface area contributed by atoms with Gasteiger partial charge in [0.1, 0.15) is 0 Å². The summed E-state index contributed by atoms with van der Waals surface area (Å²) in [5.41, 5.74) is 0. The molecule has 0 aromatic heterocycles. The van der Waals surface area contributed by atoms with E-state index < -0.39 is 5.97 Å². The Balaban J connectivity index is 3.44. The molecule has 0 bridgehead atoms. The fourth-order valence-electron chi connectivity index (χ4n) is 0.855. The smallest absolute Gasteiger partial charge is 0.304 e. The lowest BCUT2D eigenvalue weighted by atomic mass is 10.5. The number of ether oxygens (including phenoxy) is 2. The summed E-state index contributed by atoms with van der Waals surface area (Å²) in [6.45, 7) is 5.05. The molecule has 0 aromatic rings. The summed E-state index contributed by atoms with van der Waals surface area (Å²) in [5, 5.41) is 8.41. The first-order valence-corrected chi connectivity index (χ1v) is 5.88. The molecule has 0 spiro atoms. The first-order chi connectivity index (χ1) is 6.70. The minimum atomic E-state index is -0.762. The number of rotatable bonds is 9. The van der Waals surface area contributed by atoms with E-state index in [1.165, 1.54) is 11.8 Å². The molecular formula is C9H18O4S. The Hall–Kier alpha value is -0.260. The topological polar surface area (TPSA) is 55.8 Å². The van der Waals surface area contributed by atoms with Crippen LogP contribution in [0.3, 0.4) is 0 Å². The van der Waals surface area contributed by atoms with Crippen molar-refractivity contribution < 1.29 is 19.4 Å². The van der Waals surface area contributed by atoms with Crippen molar-refractivity contribution in [2.24, 2.45) is 0 Å². The summed E-state index contributed by atoms with van der Waals surface area (Å²) in [6, 6.07) is 0. The molecule has 4 nitrogen and oxygen atoms in total. The van der Waals surface area contributed by atoms with Crippen LogP contribution in [0.15, 0.2) is 0 Å². The highest BCUT2D eigenvalue weighted by Crippen LogP contribution is 2.08. The van der Waals surface area contributed by atoms with Gasteiger partial charge < -0.3 is 14.6 Å². The van der Waals surface area contributed by atoms with Crippen LogP contribution in [-0.2, 0) is 14.3 Å². The second-order valence-corrected chi connectivity index (χ2v) is 3.71. The molecule has 0 rings (SSSR count). The van der Waals surface area contributed by atoms with Crippen molar-refractivity contribution >= 4 is 17.7 Å². The molecule has 0 aliphatic heterocycles. The quantitative estimate of drug-likeness (QED) is 0.474. The zero-order chi connectivity index (χ0) is 10.8. The zero-order valence-electron chi connectivity index (χ0n) is 8.69. The van der Waals surface area contributed by atoms with Gasteiger partial charge in [0.2, 0.25) is 0 Å². The second kappa shape index (κ2) is 9.30. The van der Waals surface area contributed by atoms with E-state index in [9.17, 15) is 4.79 Å². The average molecular weight is 222 g/mol. The molecule has 0 aliphatic rings. The Kier molecular flexibility index (Phi) is 9.13.